The van der Waals surface area contributed by atoms with Gasteiger partial charge in [0.2, 0.25) is 5.91 Å². The molecule has 2 aromatic carbocycles. The van der Waals surface area contributed by atoms with Crippen molar-refractivity contribution in [2.24, 2.45) is 0 Å². The van der Waals surface area contributed by atoms with Crippen molar-refractivity contribution in [2.45, 2.75) is 6.04 Å². The van der Waals surface area contributed by atoms with Gasteiger partial charge < -0.3 is 5.32 Å². The lowest BCUT2D eigenvalue weighted by Crippen LogP contribution is -2.31. The van der Waals surface area contributed by atoms with Crippen molar-refractivity contribution in [3.63, 3.8) is 0 Å². The summed E-state index contributed by atoms with van der Waals surface area (Å²) < 4.78 is 0. The minimum Gasteiger partial charge on any atom is -0.315 e. The Morgan fingerprint density at radius 1 is 1.08 bits per heavy atom. The molecule has 3 aromatic rings. The average molecular weight is 382 g/mol. The van der Waals surface area contributed by atoms with E-state index in [1.807, 2.05) is 54.6 Å². The van der Waals surface area contributed by atoms with Gasteiger partial charge in [0.05, 0.1) is 18.2 Å². The predicted octanol–water partition coefficient (Wildman–Crippen LogP) is 4.59. The van der Waals surface area contributed by atoms with E-state index in [0.29, 0.717) is 15.6 Å². The SMILES string of the molecule is N#Cc1ccsc1NC(=O)CNC(c1ccccc1)c1ccc(Cl)cc1. The third-order valence-electron chi connectivity index (χ3n) is 3.84. The fraction of sp³-hybridized carbons (Fsp3) is 0.100. The molecule has 1 atom stereocenters. The first-order valence-electron chi connectivity index (χ1n) is 7.98. The van der Waals surface area contributed by atoms with Crippen molar-refractivity contribution >= 4 is 33.8 Å². The smallest absolute Gasteiger partial charge is 0.238 e. The molecule has 1 heterocycles. The van der Waals surface area contributed by atoms with Crippen LogP contribution < -0.4 is 10.6 Å². The number of hydrogen-bond acceptors (Lipinski definition) is 4. The summed E-state index contributed by atoms with van der Waals surface area (Å²) in [5, 5.41) is 18.1. The van der Waals surface area contributed by atoms with Crippen molar-refractivity contribution in [3.8, 4) is 6.07 Å². The highest BCUT2D eigenvalue weighted by Gasteiger charge is 2.16. The zero-order valence-corrected chi connectivity index (χ0v) is 15.3. The van der Waals surface area contributed by atoms with Crippen LogP contribution in [-0.4, -0.2) is 12.5 Å². The maximum Gasteiger partial charge on any atom is 0.238 e. The van der Waals surface area contributed by atoms with Crippen LogP contribution in [0.2, 0.25) is 5.02 Å². The van der Waals surface area contributed by atoms with Gasteiger partial charge in [0.1, 0.15) is 11.1 Å². The molecule has 0 aliphatic carbocycles. The number of carbonyl (C=O) groups excluding carboxylic acids is 1. The lowest BCUT2D eigenvalue weighted by Gasteiger charge is -2.20. The van der Waals surface area contributed by atoms with Gasteiger partial charge in [0, 0.05) is 5.02 Å². The second-order valence-electron chi connectivity index (χ2n) is 5.60. The van der Waals surface area contributed by atoms with E-state index in [4.69, 9.17) is 16.9 Å². The van der Waals surface area contributed by atoms with E-state index in [-0.39, 0.29) is 18.5 Å². The van der Waals surface area contributed by atoms with Crippen LogP contribution in [0.25, 0.3) is 0 Å². The predicted molar refractivity (Wildman–Crippen MR) is 105 cm³/mol. The number of nitrogens with one attached hydrogen (secondary N) is 2. The van der Waals surface area contributed by atoms with E-state index in [1.165, 1.54) is 11.3 Å². The molecule has 0 saturated heterocycles. The maximum absolute atomic E-state index is 12.3. The number of hydrogen-bond donors (Lipinski definition) is 2. The van der Waals surface area contributed by atoms with E-state index in [1.54, 1.807) is 11.4 Å². The van der Waals surface area contributed by atoms with Gasteiger partial charge in [-0.05, 0) is 34.7 Å². The quantitative estimate of drug-likeness (QED) is 0.656. The number of anilines is 1. The van der Waals surface area contributed by atoms with Crippen molar-refractivity contribution < 1.29 is 4.79 Å². The fourth-order valence-corrected chi connectivity index (χ4v) is 3.47. The number of nitriles is 1. The monoisotopic (exact) mass is 381 g/mol. The van der Waals surface area contributed by atoms with E-state index < -0.39 is 0 Å². The van der Waals surface area contributed by atoms with Crippen LogP contribution >= 0.6 is 22.9 Å². The van der Waals surface area contributed by atoms with Crippen LogP contribution in [0.3, 0.4) is 0 Å². The molecule has 0 bridgehead atoms. The van der Waals surface area contributed by atoms with Crippen molar-refractivity contribution in [1.82, 2.24) is 5.32 Å². The molecule has 3 rings (SSSR count). The molecule has 1 aromatic heterocycles. The topological polar surface area (TPSA) is 64.9 Å². The van der Waals surface area contributed by atoms with Crippen LogP contribution in [-0.2, 0) is 4.79 Å². The summed E-state index contributed by atoms with van der Waals surface area (Å²) >= 11 is 7.32. The molecule has 0 spiro atoms. The Bertz CT molecular complexity index is 916. The van der Waals surface area contributed by atoms with Gasteiger partial charge in [-0.3, -0.25) is 10.1 Å². The van der Waals surface area contributed by atoms with Gasteiger partial charge in [-0.2, -0.15) is 5.26 Å². The molecule has 0 aliphatic rings. The van der Waals surface area contributed by atoms with E-state index >= 15 is 0 Å². The number of rotatable bonds is 6. The Hall–Kier alpha value is -2.65. The molecule has 0 aliphatic heterocycles. The Morgan fingerprint density at radius 2 is 1.77 bits per heavy atom. The third-order valence-corrected chi connectivity index (χ3v) is 4.92. The molecular weight excluding hydrogens is 366 g/mol. The molecule has 6 heteroatoms. The molecular formula is C20H16ClN3OS. The molecule has 4 nitrogen and oxygen atoms in total. The number of amides is 1. The average Bonchev–Trinajstić information content (AvgIpc) is 3.11. The van der Waals surface area contributed by atoms with Gasteiger partial charge in [0.25, 0.3) is 0 Å². The minimum absolute atomic E-state index is 0.116. The first-order valence-corrected chi connectivity index (χ1v) is 9.24. The largest absolute Gasteiger partial charge is 0.315 e. The Morgan fingerprint density at radius 3 is 2.46 bits per heavy atom. The summed E-state index contributed by atoms with van der Waals surface area (Å²) in [5.41, 5.74) is 2.54. The van der Waals surface area contributed by atoms with Gasteiger partial charge in [-0.1, -0.05) is 54.1 Å². The van der Waals surface area contributed by atoms with E-state index in [2.05, 4.69) is 16.7 Å². The highest BCUT2D eigenvalue weighted by atomic mass is 35.5. The van der Waals surface area contributed by atoms with Crippen LogP contribution in [0.5, 0.6) is 0 Å². The van der Waals surface area contributed by atoms with Gasteiger partial charge in [0.15, 0.2) is 0 Å². The first-order chi connectivity index (χ1) is 12.7. The zero-order chi connectivity index (χ0) is 18.4. The molecule has 130 valence electrons. The van der Waals surface area contributed by atoms with Gasteiger partial charge in [-0.25, -0.2) is 0 Å². The number of nitrogens with zero attached hydrogens (tertiary/aromatic N) is 1. The molecule has 26 heavy (non-hydrogen) atoms. The number of benzene rings is 2. The van der Waals surface area contributed by atoms with Crippen LogP contribution in [0.15, 0.2) is 66.0 Å². The van der Waals surface area contributed by atoms with Crippen molar-refractivity contribution in [1.29, 1.82) is 5.26 Å². The van der Waals surface area contributed by atoms with E-state index in [9.17, 15) is 4.79 Å². The maximum atomic E-state index is 12.3. The summed E-state index contributed by atoms with van der Waals surface area (Å²) in [7, 11) is 0. The summed E-state index contributed by atoms with van der Waals surface area (Å²) in [4.78, 5) is 12.3. The highest BCUT2D eigenvalue weighted by Crippen LogP contribution is 2.24. The van der Waals surface area contributed by atoms with Crippen LogP contribution in [0.1, 0.15) is 22.7 Å². The number of carbonyl (C=O) groups is 1. The molecule has 1 unspecified atom stereocenters. The second kappa shape index (κ2) is 8.63. The van der Waals surface area contributed by atoms with Crippen LogP contribution in [0.4, 0.5) is 5.00 Å². The summed E-state index contributed by atoms with van der Waals surface area (Å²) in [6.45, 7) is 0.116. The van der Waals surface area contributed by atoms with Crippen molar-refractivity contribution in [2.75, 3.05) is 11.9 Å². The normalized spacial score (nSPS) is 11.5. The molecule has 0 saturated carbocycles. The number of thiophene rings is 1. The third kappa shape index (κ3) is 4.50. The van der Waals surface area contributed by atoms with Gasteiger partial charge >= 0.3 is 0 Å². The summed E-state index contributed by atoms with van der Waals surface area (Å²) in [5.74, 6) is -0.196. The Balaban J connectivity index is 1.73. The first kappa shape index (κ1) is 18.2. The van der Waals surface area contributed by atoms with Crippen LogP contribution in [0, 0.1) is 11.3 Å². The summed E-state index contributed by atoms with van der Waals surface area (Å²) in [6.07, 6.45) is 0. The zero-order valence-electron chi connectivity index (χ0n) is 13.8. The molecule has 0 radical (unpaired) electrons. The second-order valence-corrected chi connectivity index (χ2v) is 6.95. The fourth-order valence-electron chi connectivity index (χ4n) is 2.59. The highest BCUT2D eigenvalue weighted by molar-refractivity contribution is 7.14. The standard InChI is InChI=1S/C20H16ClN3OS/c21-17-8-6-15(7-9-17)19(14-4-2-1-3-5-14)23-13-18(25)24-20-16(12-22)10-11-26-20/h1-11,19,23H,13H2,(H,24,25). The van der Waals surface area contributed by atoms with Gasteiger partial charge in [-0.15, -0.1) is 11.3 Å². The lowest BCUT2D eigenvalue weighted by atomic mass is 9.99. The molecule has 2 N–H and O–H groups in total. The van der Waals surface area contributed by atoms with E-state index in [0.717, 1.165) is 11.1 Å². The minimum atomic E-state index is -0.196. The number of halogens is 1. The summed E-state index contributed by atoms with van der Waals surface area (Å²) in [6, 6.07) is 21.1. The Kier molecular flexibility index (Phi) is 6.03. The lowest BCUT2D eigenvalue weighted by molar-refractivity contribution is -0.115. The van der Waals surface area contributed by atoms with Crippen molar-refractivity contribution in [3.05, 3.63) is 87.8 Å². The Labute approximate surface area is 161 Å². The molecule has 1 amide bonds. The molecule has 0 fully saturated rings.